The summed E-state index contributed by atoms with van der Waals surface area (Å²) >= 11 is 6.24. The second-order valence-electron chi connectivity index (χ2n) is 4.76. The number of nitrogens with zero attached hydrogens (tertiary/aromatic N) is 1. The molecule has 1 heterocycles. The third-order valence-electron chi connectivity index (χ3n) is 3.37. The van der Waals surface area contributed by atoms with E-state index in [-0.39, 0.29) is 12.2 Å². The maximum atomic E-state index is 11.8. The van der Waals surface area contributed by atoms with E-state index in [9.17, 15) is 9.59 Å². The molecule has 0 amide bonds. The van der Waals surface area contributed by atoms with E-state index < -0.39 is 11.8 Å². The van der Waals surface area contributed by atoms with Crippen molar-refractivity contribution in [1.29, 1.82) is 0 Å². The molecule has 0 radical (unpaired) electrons. The minimum atomic E-state index is -0.839. The van der Waals surface area contributed by atoms with Gasteiger partial charge in [0.15, 0.2) is 0 Å². The third-order valence-corrected chi connectivity index (χ3v) is 3.67. The molecule has 1 aliphatic heterocycles. The van der Waals surface area contributed by atoms with Crippen molar-refractivity contribution in [2.24, 2.45) is 0 Å². The lowest BCUT2D eigenvalue weighted by atomic mass is 10.1. The molecule has 2 rings (SSSR count). The van der Waals surface area contributed by atoms with Crippen molar-refractivity contribution in [2.45, 2.75) is 26.2 Å². The van der Waals surface area contributed by atoms with Crippen LogP contribution in [0.15, 0.2) is 18.2 Å². The van der Waals surface area contributed by atoms with Gasteiger partial charge in [0.2, 0.25) is 0 Å². The molecule has 1 aromatic rings. The first-order valence-corrected chi connectivity index (χ1v) is 7.27. The first kappa shape index (κ1) is 14.9. The van der Waals surface area contributed by atoms with E-state index in [0.29, 0.717) is 5.02 Å². The second kappa shape index (κ2) is 6.75. The zero-order valence-electron chi connectivity index (χ0n) is 11.5. The number of piperidine rings is 1. The second-order valence-corrected chi connectivity index (χ2v) is 5.17. The molecule has 5 heteroatoms. The lowest BCUT2D eigenvalue weighted by Gasteiger charge is -2.29. The number of carbonyl (C=O) groups excluding carboxylic acids is 2. The Morgan fingerprint density at radius 3 is 2.55 bits per heavy atom. The standard InChI is InChI=1S/C15H18ClNO3/c1-2-20-15(19)14(18)11-6-7-13(12(16)10-11)17-8-4-3-5-9-17/h6-7,10H,2-5,8-9H2,1H3. The monoisotopic (exact) mass is 295 g/mol. The summed E-state index contributed by atoms with van der Waals surface area (Å²) in [5.74, 6) is -1.49. The highest BCUT2D eigenvalue weighted by molar-refractivity contribution is 6.41. The van der Waals surface area contributed by atoms with Gasteiger partial charge in [0.25, 0.3) is 5.78 Å². The Morgan fingerprint density at radius 1 is 1.25 bits per heavy atom. The SMILES string of the molecule is CCOC(=O)C(=O)c1ccc(N2CCCCC2)c(Cl)c1. The topological polar surface area (TPSA) is 46.6 Å². The summed E-state index contributed by atoms with van der Waals surface area (Å²) in [7, 11) is 0. The van der Waals surface area contributed by atoms with E-state index in [1.54, 1.807) is 25.1 Å². The number of rotatable bonds is 4. The predicted octanol–water partition coefficient (Wildman–Crippen LogP) is 3.08. The minimum absolute atomic E-state index is 0.185. The van der Waals surface area contributed by atoms with Crippen LogP contribution in [0.4, 0.5) is 5.69 Å². The van der Waals surface area contributed by atoms with Crippen LogP contribution in [0.2, 0.25) is 5.02 Å². The Bertz CT molecular complexity index is 510. The van der Waals surface area contributed by atoms with Crippen molar-refractivity contribution < 1.29 is 14.3 Å². The summed E-state index contributed by atoms with van der Waals surface area (Å²) in [4.78, 5) is 25.5. The fraction of sp³-hybridized carbons (Fsp3) is 0.467. The van der Waals surface area contributed by atoms with E-state index in [4.69, 9.17) is 16.3 Å². The molecule has 1 aliphatic rings. The van der Waals surface area contributed by atoms with Crippen LogP contribution < -0.4 is 4.90 Å². The summed E-state index contributed by atoms with van der Waals surface area (Å²) in [5.41, 5.74) is 1.20. The molecule has 0 bridgehead atoms. The maximum Gasteiger partial charge on any atom is 0.379 e. The highest BCUT2D eigenvalue weighted by Crippen LogP contribution is 2.29. The quantitative estimate of drug-likeness (QED) is 0.486. The molecule has 1 saturated heterocycles. The number of halogens is 1. The number of carbonyl (C=O) groups is 2. The number of esters is 1. The van der Waals surface area contributed by atoms with Crippen molar-refractivity contribution in [3.63, 3.8) is 0 Å². The zero-order valence-corrected chi connectivity index (χ0v) is 12.3. The van der Waals surface area contributed by atoms with Crippen molar-refractivity contribution in [1.82, 2.24) is 0 Å². The summed E-state index contributed by atoms with van der Waals surface area (Å²) in [5, 5.41) is 0.502. The largest absolute Gasteiger partial charge is 0.460 e. The van der Waals surface area contributed by atoms with Crippen LogP contribution in [0, 0.1) is 0 Å². The highest BCUT2D eigenvalue weighted by Gasteiger charge is 2.20. The molecular weight excluding hydrogens is 278 g/mol. The molecule has 0 N–H and O–H groups in total. The van der Waals surface area contributed by atoms with Gasteiger partial charge in [-0.15, -0.1) is 0 Å². The van der Waals surface area contributed by atoms with Gasteiger partial charge >= 0.3 is 5.97 Å². The van der Waals surface area contributed by atoms with Gasteiger partial charge in [-0.3, -0.25) is 4.79 Å². The first-order chi connectivity index (χ1) is 9.63. The van der Waals surface area contributed by atoms with E-state index in [1.807, 2.05) is 0 Å². The van der Waals surface area contributed by atoms with E-state index in [0.717, 1.165) is 31.6 Å². The number of hydrogen-bond donors (Lipinski definition) is 0. The Labute approximate surface area is 123 Å². The first-order valence-electron chi connectivity index (χ1n) is 6.89. The van der Waals surface area contributed by atoms with Crippen molar-refractivity contribution in [3.8, 4) is 0 Å². The fourth-order valence-electron chi connectivity index (χ4n) is 2.35. The van der Waals surface area contributed by atoms with Gasteiger partial charge in [0.1, 0.15) is 0 Å². The number of ketones is 1. The highest BCUT2D eigenvalue weighted by atomic mass is 35.5. The summed E-state index contributed by atoms with van der Waals surface area (Å²) in [6.45, 7) is 3.80. The van der Waals surface area contributed by atoms with Crippen LogP contribution in [0.5, 0.6) is 0 Å². The molecule has 0 aromatic heterocycles. The minimum Gasteiger partial charge on any atom is -0.460 e. The zero-order chi connectivity index (χ0) is 14.5. The molecule has 0 saturated carbocycles. The molecule has 1 aromatic carbocycles. The molecular formula is C15H18ClNO3. The van der Waals surface area contributed by atoms with Crippen LogP contribution in [0.3, 0.4) is 0 Å². The summed E-state index contributed by atoms with van der Waals surface area (Å²) in [6, 6.07) is 4.99. The van der Waals surface area contributed by atoms with Gasteiger partial charge in [-0.1, -0.05) is 11.6 Å². The number of anilines is 1. The number of benzene rings is 1. The Balaban J connectivity index is 2.16. The molecule has 0 aliphatic carbocycles. The lowest BCUT2D eigenvalue weighted by Crippen LogP contribution is -2.29. The van der Waals surface area contributed by atoms with Crippen LogP contribution in [-0.2, 0) is 9.53 Å². The fourth-order valence-corrected chi connectivity index (χ4v) is 2.65. The van der Waals surface area contributed by atoms with Crippen LogP contribution in [0.25, 0.3) is 0 Å². The Morgan fingerprint density at radius 2 is 1.95 bits per heavy atom. The van der Waals surface area contributed by atoms with Crippen LogP contribution in [-0.4, -0.2) is 31.4 Å². The van der Waals surface area contributed by atoms with E-state index >= 15 is 0 Å². The normalized spacial score (nSPS) is 15.0. The number of ether oxygens (including phenoxy) is 1. The van der Waals surface area contributed by atoms with Gasteiger partial charge in [-0.25, -0.2) is 4.79 Å². The van der Waals surface area contributed by atoms with E-state index in [1.165, 1.54) is 6.42 Å². The average molecular weight is 296 g/mol. The van der Waals surface area contributed by atoms with Gasteiger partial charge < -0.3 is 9.64 Å². The molecule has 1 fully saturated rings. The molecule has 20 heavy (non-hydrogen) atoms. The maximum absolute atomic E-state index is 11.8. The van der Waals surface area contributed by atoms with Gasteiger partial charge in [-0.05, 0) is 44.4 Å². The third kappa shape index (κ3) is 3.31. The summed E-state index contributed by atoms with van der Waals surface area (Å²) < 4.78 is 4.70. The average Bonchev–Trinajstić information content (AvgIpc) is 2.47. The van der Waals surface area contributed by atoms with Crippen molar-refractivity contribution in [3.05, 3.63) is 28.8 Å². The number of hydrogen-bond acceptors (Lipinski definition) is 4. The van der Waals surface area contributed by atoms with Crippen LogP contribution >= 0.6 is 11.6 Å². The Kier molecular flexibility index (Phi) is 5.01. The lowest BCUT2D eigenvalue weighted by molar-refractivity contribution is -0.137. The molecule has 108 valence electrons. The summed E-state index contributed by atoms with van der Waals surface area (Å²) in [6.07, 6.45) is 3.55. The molecule has 4 nitrogen and oxygen atoms in total. The van der Waals surface area contributed by atoms with E-state index in [2.05, 4.69) is 4.90 Å². The van der Waals surface area contributed by atoms with Gasteiger partial charge in [0, 0.05) is 18.7 Å². The molecule has 0 atom stereocenters. The number of Topliss-reactive ketones (excluding diaryl/α,β-unsaturated/α-hetero) is 1. The Hall–Kier alpha value is -1.55. The smallest absolute Gasteiger partial charge is 0.379 e. The van der Waals surface area contributed by atoms with Crippen LogP contribution in [0.1, 0.15) is 36.5 Å². The van der Waals surface area contributed by atoms with Crippen molar-refractivity contribution >= 4 is 29.0 Å². The molecule has 0 spiro atoms. The van der Waals surface area contributed by atoms with Gasteiger partial charge in [-0.2, -0.15) is 0 Å². The molecule has 0 unspecified atom stereocenters. The van der Waals surface area contributed by atoms with Gasteiger partial charge in [0.05, 0.1) is 17.3 Å². The van der Waals surface area contributed by atoms with Crippen molar-refractivity contribution in [2.75, 3.05) is 24.6 Å². The predicted molar refractivity (Wildman–Crippen MR) is 78.5 cm³/mol.